The van der Waals surface area contributed by atoms with Crippen LogP contribution in [0.5, 0.6) is 0 Å². The lowest BCUT2D eigenvalue weighted by atomic mass is 9.83. The van der Waals surface area contributed by atoms with E-state index in [1.54, 1.807) is 19.2 Å². The first kappa shape index (κ1) is 20.4. The molecule has 7 nitrogen and oxygen atoms in total. The number of amides is 1. The summed E-state index contributed by atoms with van der Waals surface area (Å²) in [6.45, 7) is 0.576. The zero-order valence-corrected chi connectivity index (χ0v) is 17.6. The van der Waals surface area contributed by atoms with Crippen LogP contribution in [0.3, 0.4) is 0 Å². The van der Waals surface area contributed by atoms with Crippen LogP contribution in [-0.4, -0.2) is 25.4 Å². The fourth-order valence-electron chi connectivity index (χ4n) is 3.94. The summed E-state index contributed by atoms with van der Waals surface area (Å²) in [5.41, 5.74) is 2.94. The Labute approximate surface area is 176 Å². The number of hydrogen-bond donors (Lipinski definition) is 2. The van der Waals surface area contributed by atoms with Gasteiger partial charge in [0.25, 0.3) is 5.91 Å². The summed E-state index contributed by atoms with van der Waals surface area (Å²) in [4.78, 5) is 12.8. The SMILES string of the molecule is Cn1cc(S(=O)(=O)NCc2ccco2)cc1C(=O)NC[C@H]1CCCc2ccccc21. The summed E-state index contributed by atoms with van der Waals surface area (Å²) in [5, 5.41) is 2.98. The number of furan rings is 1. The molecular formula is C22H25N3O4S. The van der Waals surface area contributed by atoms with Gasteiger partial charge >= 0.3 is 0 Å². The zero-order valence-electron chi connectivity index (χ0n) is 16.8. The van der Waals surface area contributed by atoms with Gasteiger partial charge in [-0.25, -0.2) is 13.1 Å². The molecule has 0 saturated heterocycles. The first-order valence-electron chi connectivity index (χ1n) is 9.98. The molecule has 8 heteroatoms. The highest BCUT2D eigenvalue weighted by Gasteiger charge is 2.23. The second-order valence-corrected chi connectivity index (χ2v) is 9.34. The molecule has 3 aromatic rings. The molecular weight excluding hydrogens is 402 g/mol. The highest BCUT2D eigenvalue weighted by Crippen LogP contribution is 2.30. The van der Waals surface area contributed by atoms with Gasteiger partial charge in [-0.2, -0.15) is 0 Å². The Morgan fingerprint density at radius 2 is 2.07 bits per heavy atom. The Hall–Kier alpha value is -2.84. The fraction of sp³-hybridized carbons (Fsp3) is 0.318. The molecule has 0 saturated carbocycles. The third kappa shape index (κ3) is 4.34. The summed E-state index contributed by atoms with van der Waals surface area (Å²) in [7, 11) is -2.09. The number of sulfonamides is 1. The van der Waals surface area contributed by atoms with E-state index < -0.39 is 10.0 Å². The number of aromatic nitrogens is 1. The Morgan fingerprint density at radius 1 is 1.23 bits per heavy atom. The molecule has 0 bridgehead atoms. The molecule has 0 fully saturated rings. The van der Waals surface area contributed by atoms with Gasteiger partial charge in [-0.15, -0.1) is 0 Å². The van der Waals surface area contributed by atoms with E-state index in [0.29, 0.717) is 18.0 Å². The van der Waals surface area contributed by atoms with Gasteiger partial charge < -0.3 is 14.3 Å². The van der Waals surface area contributed by atoms with Gasteiger partial charge in [0.15, 0.2) is 0 Å². The van der Waals surface area contributed by atoms with Crippen LogP contribution in [0.25, 0.3) is 0 Å². The molecule has 158 valence electrons. The van der Waals surface area contributed by atoms with Gasteiger partial charge in [0.1, 0.15) is 16.3 Å². The minimum Gasteiger partial charge on any atom is -0.468 e. The number of fused-ring (bicyclic) bond motifs is 1. The van der Waals surface area contributed by atoms with Crippen molar-refractivity contribution < 1.29 is 17.6 Å². The molecule has 1 aliphatic rings. The van der Waals surface area contributed by atoms with Crippen molar-refractivity contribution in [1.82, 2.24) is 14.6 Å². The molecule has 2 N–H and O–H groups in total. The number of hydrogen-bond acceptors (Lipinski definition) is 4. The normalized spacial score (nSPS) is 16.2. The topological polar surface area (TPSA) is 93.3 Å². The van der Waals surface area contributed by atoms with Gasteiger partial charge in [-0.1, -0.05) is 24.3 Å². The maximum absolute atomic E-state index is 12.7. The van der Waals surface area contributed by atoms with Crippen molar-refractivity contribution in [2.75, 3.05) is 6.54 Å². The third-order valence-electron chi connectivity index (χ3n) is 5.54. The Balaban J connectivity index is 1.42. The maximum atomic E-state index is 12.7. The lowest BCUT2D eigenvalue weighted by Gasteiger charge is -2.25. The first-order chi connectivity index (χ1) is 14.4. The summed E-state index contributed by atoms with van der Waals surface area (Å²) in [6, 6.07) is 13.1. The molecule has 1 aromatic carbocycles. The van der Waals surface area contributed by atoms with Crippen molar-refractivity contribution in [3.05, 3.63) is 77.5 Å². The smallest absolute Gasteiger partial charge is 0.267 e. The Kier molecular flexibility index (Phi) is 5.78. The molecule has 0 unspecified atom stereocenters. The molecule has 30 heavy (non-hydrogen) atoms. The number of benzene rings is 1. The molecule has 0 spiro atoms. The highest BCUT2D eigenvalue weighted by atomic mass is 32.2. The van der Waals surface area contributed by atoms with E-state index in [0.717, 1.165) is 19.3 Å². The molecule has 2 heterocycles. The number of rotatable bonds is 7. The van der Waals surface area contributed by atoms with Gasteiger partial charge in [0.2, 0.25) is 10.0 Å². The van der Waals surface area contributed by atoms with Crippen LogP contribution in [0.1, 0.15) is 46.1 Å². The largest absolute Gasteiger partial charge is 0.468 e. The number of carbonyl (C=O) groups is 1. The van der Waals surface area contributed by atoms with E-state index in [-0.39, 0.29) is 23.3 Å². The van der Waals surface area contributed by atoms with Crippen molar-refractivity contribution in [3.8, 4) is 0 Å². The van der Waals surface area contributed by atoms with Crippen molar-refractivity contribution in [2.45, 2.75) is 36.6 Å². The number of nitrogens with zero attached hydrogens (tertiary/aromatic N) is 1. The van der Waals surface area contributed by atoms with E-state index in [2.05, 4.69) is 22.2 Å². The second kappa shape index (κ2) is 8.49. The Bertz CT molecular complexity index is 1130. The molecule has 1 atom stereocenters. The van der Waals surface area contributed by atoms with E-state index in [1.807, 2.05) is 12.1 Å². The lowest BCUT2D eigenvalue weighted by Crippen LogP contribution is -2.31. The summed E-state index contributed by atoms with van der Waals surface area (Å²) in [6.07, 6.45) is 6.13. The maximum Gasteiger partial charge on any atom is 0.267 e. The van der Waals surface area contributed by atoms with Gasteiger partial charge in [-0.3, -0.25) is 4.79 Å². The van der Waals surface area contributed by atoms with Crippen molar-refractivity contribution in [1.29, 1.82) is 0 Å². The third-order valence-corrected chi connectivity index (χ3v) is 6.91. The predicted octanol–water partition coefficient (Wildman–Crippen LogP) is 2.95. The Morgan fingerprint density at radius 3 is 2.87 bits per heavy atom. The highest BCUT2D eigenvalue weighted by molar-refractivity contribution is 7.89. The molecule has 0 aliphatic heterocycles. The quantitative estimate of drug-likeness (QED) is 0.606. The van der Waals surface area contributed by atoms with E-state index in [9.17, 15) is 13.2 Å². The van der Waals surface area contributed by atoms with Crippen LogP contribution >= 0.6 is 0 Å². The molecule has 0 radical (unpaired) electrons. The molecule has 4 rings (SSSR count). The first-order valence-corrected chi connectivity index (χ1v) is 11.5. The number of carbonyl (C=O) groups excluding carboxylic acids is 1. The van der Waals surface area contributed by atoms with Crippen LogP contribution < -0.4 is 10.0 Å². The van der Waals surface area contributed by atoms with E-state index >= 15 is 0 Å². The molecule has 1 aliphatic carbocycles. The minimum absolute atomic E-state index is 0.0460. The summed E-state index contributed by atoms with van der Waals surface area (Å²) >= 11 is 0. The van der Waals surface area contributed by atoms with Crippen molar-refractivity contribution in [2.24, 2.45) is 7.05 Å². The summed E-state index contributed by atoms with van der Waals surface area (Å²) < 4.78 is 34.3. The van der Waals surface area contributed by atoms with Crippen LogP contribution in [0.15, 0.2) is 64.2 Å². The van der Waals surface area contributed by atoms with Crippen LogP contribution in [0, 0.1) is 0 Å². The second-order valence-electron chi connectivity index (χ2n) is 7.57. The van der Waals surface area contributed by atoms with Crippen LogP contribution in [-0.2, 0) is 30.0 Å². The lowest BCUT2D eigenvalue weighted by molar-refractivity contribution is 0.0942. The minimum atomic E-state index is -3.76. The van der Waals surface area contributed by atoms with Gasteiger partial charge in [0, 0.05) is 25.7 Å². The fourth-order valence-corrected chi connectivity index (χ4v) is 5.01. The number of aryl methyl sites for hydroxylation is 2. The van der Waals surface area contributed by atoms with Crippen molar-refractivity contribution >= 4 is 15.9 Å². The molecule has 2 aromatic heterocycles. The monoisotopic (exact) mass is 427 g/mol. The zero-order chi connectivity index (χ0) is 21.1. The van der Waals surface area contributed by atoms with Gasteiger partial charge in [-0.05, 0) is 48.6 Å². The average molecular weight is 428 g/mol. The van der Waals surface area contributed by atoms with Crippen LogP contribution in [0.4, 0.5) is 0 Å². The van der Waals surface area contributed by atoms with Crippen LogP contribution in [0.2, 0.25) is 0 Å². The van der Waals surface area contributed by atoms with E-state index in [1.165, 1.54) is 34.2 Å². The number of nitrogens with one attached hydrogen (secondary N) is 2. The standard InChI is InChI=1S/C22H25N3O4S/c1-25-15-19(30(27,28)24-14-18-9-5-11-29-18)12-21(25)22(26)23-13-17-8-4-7-16-6-2-3-10-20(16)17/h2-3,5-6,9-12,15,17,24H,4,7-8,13-14H2,1H3,(H,23,26)/t17-/m1/s1. The van der Waals surface area contributed by atoms with Crippen molar-refractivity contribution in [3.63, 3.8) is 0 Å². The summed E-state index contributed by atoms with van der Waals surface area (Å²) in [5.74, 6) is 0.505. The van der Waals surface area contributed by atoms with Gasteiger partial charge in [0.05, 0.1) is 12.8 Å². The van der Waals surface area contributed by atoms with E-state index in [4.69, 9.17) is 4.42 Å². The molecule has 1 amide bonds. The predicted molar refractivity (Wildman–Crippen MR) is 113 cm³/mol. The average Bonchev–Trinajstić information content (AvgIpc) is 3.40.